The lowest BCUT2D eigenvalue weighted by molar-refractivity contribution is -0.130. The van der Waals surface area contributed by atoms with Gasteiger partial charge in [0.2, 0.25) is 0 Å². The molecule has 5 nitrogen and oxygen atoms in total. The Kier molecular flexibility index (Phi) is 4.13. The normalized spacial score (nSPS) is 39.8. The number of amides is 3. The largest absolute Gasteiger partial charge is 0.325 e. The zero-order chi connectivity index (χ0) is 17.8. The van der Waals surface area contributed by atoms with Crippen molar-refractivity contribution in [2.24, 2.45) is 23.2 Å². The zero-order valence-electron chi connectivity index (χ0n) is 15.9. The van der Waals surface area contributed by atoms with Crippen molar-refractivity contribution in [1.29, 1.82) is 0 Å². The van der Waals surface area contributed by atoms with E-state index in [1.165, 1.54) is 43.4 Å². The van der Waals surface area contributed by atoms with Gasteiger partial charge in [-0.05, 0) is 82.0 Å². The predicted molar refractivity (Wildman–Crippen MR) is 97.0 cm³/mol. The van der Waals surface area contributed by atoms with Gasteiger partial charge in [0.25, 0.3) is 5.91 Å². The standard InChI is InChI=1S/C20H33N3O2/c1-4-16(20-10-13-7-14(11-20)9-15(8-13)12-20)21-5-6-23-17(24)19(2,3)22-18(23)25/h13-16,21H,4-12H2,1-3H3,(H,22,25)/t13?,14?,15?,16-,20?/m1/s1. The fourth-order valence-corrected chi connectivity index (χ4v) is 6.77. The molecule has 2 N–H and O–H groups in total. The number of carbonyl (C=O) groups is 2. The molecule has 25 heavy (non-hydrogen) atoms. The SMILES string of the molecule is CC[C@@H](NCCN1C(=O)NC(C)(C)C1=O)C12CC3CC(CC(C3)C1)C2. The summed E-state index contributed by atoms with van der Waals surface area (Å²) in [6.07, 6.45) is 9.70. The molecule has 4 aliphatic carbocycles. The molecule has 5 fully saturated rings. The van der Waals surface area contributed by atoms with Crippen molar-refractivity contribution in [3.8, 4) is 0 Å². The van der Waals surface area contributed by atoms with Crippen LogP contribution in [0.5, 0.6) is 0 Å². The summed E-state index contributed by atoms with van der Waals surface area (Å²) in [5.41, 5.74) is -0.290. The second-order valence-corrected chi connectivity index (χ2v) is 9.71. The number of nitrogens with one attached hydrogen (secondary N) is 2. The van der Waals surface area contributed by atoms with Crippen LogP contribution in [-0.4, -0.2) is 41.5 Å². The second-order valence-electron chi connectivity index (χ2n) is 9.71. The van der Waals surface area contributed by atoms with Gasteiger partial charge in [-0.15, -0.1) is 0 Å². The average Bonchev–Trinajstić information content (AvgIpc) is 2.71. The molecular weight excluding hydrogens is 314 g/mol. The van der Waals surface area contributed by atoms with E-state index in [1.54, 1.807) is 13.8 Å². The summed E-state index contributed by atoms with van der Waals surface area (Å²) in [5.74, 6) is 2.75. The van der Waals surface area contributed by atoms with Gasteiger partial charge in [-0.3, -0.25) is 9.69 Å². The van der Waals surface area contributed by atoms with Crippen LogP contribution >= 0.6 is 0 Å². The molecule has 3 amide bonds. The average molecular weight is 348 g/mol. The molecule has 0 radical (unpaired) electrons. The maximum absolute atomic E-state index is 12.3. The van der Waals surface area contributed by atoms with E-state index >= 15 is 0 Å². The molecule has 0 spiro atoms. The molecule has 0 aromatic carbocycles. The van der Waals surface area contributed by atoms with Gasteiger partial charge < -0.3 is 10.6 Å². The van der Waals surface area contributed by atoms with Gasteiger partial charge in [0.1, 0.15) is 5.54 Å². The monoisotopic (exact) mass is 347 g/mol. The van der Waals surface area contributed by atoms with Gasteiger partial charge >= 0.3 is 6.03 Å². The number of urea groups is 1. The van der Waals surface area contributed by atoms with Gasteiger partial charge in [-0.1, -0.05) is 6.92 Å². The third-order valence-electron chi connectivity index (χ3n) is 7.40. The van der Waals surface area contributed by atoms with Crippen molar-refractivity contribution in [3.05, 3.63) is 0 Å². The Balaban J connectivity index is 1.37. The highest BCUT2D eigenvalue weighted by atomic mass is 16.2. The molecule has 4 bridgehead atoms. The minimum absolute atomic E-state index is 0.109. The van der Waals surface area contributed by atoms with Crippen LogP contribution in [0.2, 0.25) is 0 Å². The van der Waals surface area contributed by atoms with Crippen molar-refractivity contribution >= 4 is 11.9 Å². The second kappa shape index (κ2) is 5.97. The maximum Gasteiger partial charge on any atom is 0.325 e. The van der Waals surface area contributed by atoms with Crippen LogP contribution in [0.15, 0.2) is 0 Å². The van der Waals surface area contributed by atoms with Crippen LogP contribution in [0.1, 0.15) is 65.7 Å². The van der Waals surface area contributed by atoms with Gasteiger partial charge in [0.15, 0.2) is 0 Å². The van der Waals surface area contributed by atoms with Gasteiger partial charge in [-0.25, -0.2) is 4.79 Å². The van der Waals surface area contributed by atoms with Gasteiger partial charge in [0, 0.05) is 19.1 Å². The molecular formula is C20H33N3O2. The molecule has 5 rings (SSSR count). The van der Waals surface area contributed by atoms with Crippen LogP contribution in [0.3, 0.4) is 0 Å². The molecule has 0 unspecified atom stereocenters. The smallest absolute Gasteiger partial charge is 0.324 e. The van der Waals surface area contributed by atoms with Crippen molar-refractivity contribution in [2.75, 3.05) is 13.1 Å². The quantitative estimate of drug-likeness (QED) is 0.726. The third kappa shape index (κ3) is 2.88. The lowest BCUT2D eigenvalue weighted by Gasteiger charge is -2.59. The summed E-state index contributed by atoms with van der Waals surface area (Å²) >= 11 is 0. The van der Waals surface area contributed by atoms with Crippen LogP contribution in [0.25, 0.3) is 0 Å². The Bertz CT molecular complexity index is 536. The molecule has 5 heteroatoms. The van der Waals surface area contributed by atoms with Crippen LogP contribution < -0.4 is 10.6 Å². The Morgan fingerprint density at radius 3 is 2.12 bits per heavy atom. The Morgan fingerprint density at radius 2 is 1.68 bits per heavy atom. The number of nitrogens with zero attached hydrogens (tertiary/aromatic N) is 1. The molecule has 1 aliphatic heterocycles. The molecule has 140 valence electrons. The van der Waals surface area contributed by atoms with Crippen LogP contribution in [-0.2, 0) is 4.79 Å². The summed E-state index contributed by atoms with van der Waals surface area (Å²) in [5, 5.41) is 6.51. The lowest BCUT2D eigenvalue weighted by atomic mass is 9.47. The molecule has 0 aromatic heterocycles. The summed E-state index contributed by atoms with van der Waals surface area (Å²) in [7, 11) is 0. The zero-order valence-corrected chi connectivity index (χ0v) is 15.9. The van der Waals surface area contributed by atoms with Crippen LogP contribution in [0, 0.1) is 23.2 Å². The van der Waals surface area contributed by atoms with E-state index in [2.05, 4.69) is 17.6 Å². The topological polar surface area (TPSA) is 61.4 Å². The Hall–Kier alpha value is -1.10. The number of hydrogen-bond acceptors (Lipinski definition) is 3. The third-order valence-corrected chi connectivity index (χ3v) is 7.40. The van der Waals surface area contributed by atoms with Crippen molar-refractivity contribution < 1.29 is 9.59 Å². The Labute approximate surface area is 151 Å². The molecule has 5 aliphatic rings. The Morgan fingerprint density at radius 1 is 1.12 bits per heavy atom. The van der Waals surface area contributed by atoms with Crippen molar-refractivity contribution in [2.45, 2.75) is 77.3 Å². The van der Waals surface area contributed by atoms with E-state index in [1.807, 2.05) is 0 Å². The number of rotatable bonds is 6. The first-order valence-electron chi connectivity index (χ1n) is 10.2. The minimum atomic E-state index is -0.763. The predicted octanol–water partition coefficient (Wildman–Crippen LogP) is 2.90. The van der Waals surface area contributed by atoms with Gasteiger partial charge in [0.05, 0.1) is 0 Å². The first-order chi connectivity index (χ1) is 11.8. The molecule has 1 saturated heterocycles. The lowest BCUT2D eigenvalue weighted by Crippen LogP contribution is -2.56. The van der Waals surface area contributed by atoms with E-state index < -0.39 is 5.54 Å². The van der Waals surface area contributed by atoms with E-state index in [0.717, 1.165) is 24.2 Å². The molecule has 4 saturated carbocycles. The summed E-state index contributed by atoms with van der Waals surface area (Å²) in [6, 6.07) is 0.273. The first-order valence-corrected chi connectivity index (χ1v) is 10.2. The summed E-state index contributed by atoms with van der Waals surface area (Å²) < 4.78 is 0. The van der Waals surface area contributed by atoms with E-state index in [-0.39, 0.29) is 11.9 Å². The highest BCUT2D eigenvalue weighted by molar-refractivity contribution is 6.06. The van der Waals surface area contributed by atoms with Gasteiger partial charge in [-0.2, -0.15) is 0 Å². The number of imide groups is 1. The molecule has 1 atom stereocenters. The highest BCUT2D eigenvalue weighted by Crippen LogP contribution is 2.61. The summed E-state index contributed by atoms with van der Waals surface area (Å²) in [6.45, 7) is 7.00. The first kappa shape index (κ1) is 17.3. The molecule has 1 heterocycles. The number of hydrogen-bond donors (Lipinski definition) is 2. The number of carbonyl (C=O) groups excluding carboxylic acids is 2. The van der Waals surface area contributed by atoms with E-state index in [4.69, 9.17) is 0 Å². The molecule has 0 aromatic rings. The van der Waals surface area contributed by atoms with Crippen LogP contribution in [0.4, 0.5) is 4.79 Å². The van der Waals surface area contributed by atoms with E-state index in [0.29, 0.717) is 24.5 Å². The minimum Gasteiger partial charge on any atom is -0.324 e. The van der Waals surface area contributed by atoms with Crippen molar-refractivity contribution in [1.82, 2.24) is 15.5 Å². The van der Waals surface area contributed by atoms with Crippen molar-refractivity contribution in [3.63, 3.8) is 0 Å². The van der Waals surface area contributed by atoms with E-state index in [9.17, 15) is 9.59 Å². The fraction of sp³-hybridized carbons (Fsp3) is 0.900. The summed E-state index contributed by atoms with van der Waals surface area (Å²) in [4.78, 5) is 25.7. The fourth-order valence-electron chi connectivity index (χ4n) is 6.77. The maximum atomic E-state index is 12.3. The highest BCUT2D eigenvalue weighted by Gasteiger charge is 2.53.